The van der Waals surface area contributed by atoms with Gasteiger partial charge in [0.05, 0.1) is 4.88 Å². The highest BCUT2D eigenvalue weighted by atomic mass is 32.1. The van der Waals surface area contributed by atoms with Crippen molar-refractivity contribution >= 4 is 34.3 Å². The first-order valence-electron chi connectivity index (χ1n) is 6.14. The van der Waals surface area contributed by atoms with Crippen molar-refractivity contribution in [3.05, 3.63) is 38.2 Å². The Bertz CT molecular complexity index is 541. The summed E-state index contributed by atoms with van der Waals surface area (Å²) in [7, 11) is 1.85. The molecule has 2 rings (SSSR count). The molecule has 1 amide bonds. The van der Waals surface area contributed by atoms with E-state index in [1.807, 2.05) is 20.0 Å². The van der Waals surface area contributed by atoms with Gasteiger partial charge in [-0.15, -0.1) is 22.7 Å². The van der Waals surface area contributed by atoms with E-state index >= 15 is 0 Å². The van der Waals surface area contributed by atoms with Crippen LogP contribution in [0.5, 0.6) is 0 Å². The molecule has 2 aromatic heterocycles. The Hall–Kier alpha value is -1.33. The second-order valence-corrected chi connectivity index (χ2v) is 6.96. The number of nitrogens with two attached hydrogens (primary N) is 1. The van der Waals surface area contributed by atoms with Crippen molar-refractivity contribution in [2.24, 2.45) is 0 Å². The van der Waals surface area contributed by atoms with Crippen LogP contribution in [-0.4, -0.2) is 23.9 Å². The highest BCUT2D eigenvalue weighted by Crippen LogP contribution is 2.25. The number of carbonyl (C=O) groups excluding carboxylic acids is 1. The van der Waals surface area contributed by atoms with Gasteiger partial charge in [-0.2, -0.15) is 0 Å². The lowest BCUT2D eigenvalue weighted by Gasteiger charge is -2.24. The summed E-state index contributed by atoms with van der Waals surface area (Å²) in [4.78, 5) is 17.2. The highest BCUT2D eigenvalue weighted by molar-refractivity contribution is 7.14. The van der Waals surface area contributed by atoms with E-state index in [4.69, 9.17) is 5.73 Å². The molecule has 2 N–H and O–H groups in total. The van der Waals surface area contributed by atoms with Crippen molar-refractivity contribution in [2.45, 2.75) is 26.3 Å². The Kier molecular flexibility index (Phi) is 4.27. The lowest BCUT2D eigenvalue weighted by Crippen LogP contribution is -2.35. The number of aryl methyl sites for hydroxylation is 1. The molecule has 0 bridgehead atoms. The third kappa shape index (κ3) is 3.16. The number of anilines is 1. The molecule has 0 spiro atoms. The zero-order chi connectivity index (χ0) is 14.0. The minimum atomic E-state index is 0.0499. The normalized spacial score (nSPS) is 12.4. The Balaban J connectivity index is 2.06. The first-order chi connectivity index (χ1) is 8.99. The van der Waals surface area contributed by atoms with E-state index in [0.29, 0.717) is 5.69 Å². The standard InChI is InChI=1S/C14H18N2OS2/c1-9(7-11-5-4-6-18-11)16(3)14(17)13-8-12(15)10(2)19-13/h4-6,8-9H,7,15H2,1-3H3. The Morgan fingerprint density at radius 2 is 2.26 bits per heavy atom. The lowest BCUT2D eigenvalue weighted by molar-refractivity contribution is 0.0749. The van der Waals surface area contributed by atoms with E-state index in [-0.39, 0.29) is 11.9 Å². The molecule has 1 atom stereocenters. The van der Waals surface area contributed by atoms with Crippen molar-refractivity contribution in [1.29, 1.82) is 0 Å². The fraction of sp³-hybridized carbons (Fsp3) is 0.357. The molecule has 0 aliphatic heterocycles. The molecule has 0 aliphatic carbocycles. The number of carbonyl (C=O) groups is 1. The van der Waals surface area contributed by atoms with Crippen LogP contribution in [0.2, 0.25) is 0 Å². The molecule has 1 unspecified atom stereocenters. The van der Waals surface area contributed by atoms with Crippen LogP contribution in [0.4, 0.5) is 5.69 Å². The van der Waals surface area contributed by atoms with Gasteiger partial charge < -0.3 is 10.6 Å². The fourth-order valence-electron chi connectivity index (χ4n) is 1.83. The molecule has 19 heavy (non-hydrogen) atoms. The van der Waals surface area contributed by atoms with E-state index in [1.54, 1.807) is 22.3 Å². The topological polar surface area (TPSA) is 46.3 Å². The average molecular weight is 294 g/mol. The fourth-order valence-corrected chi connectivity index (χ4v) is 3.58. The second-order valence-electron chi connectivity index (χ2n) is 4.67. The summed E-state index contributed by atoms with van der Waals surface area (Å²) in [5, 5.41) is 2.06. The molecule has 0 saturated carbocycles. The van der Waals surface area contributed by atoms with E-state index in [2.05, 4.69) is 18.4 Å². The van der Waals surface area contributed by atoms with Gasteiger partial charge in [0.25, 0.3) is 5.91 Å². The van der Waals surface area contributed by atoms with Crippen LogP contribution in [0, 0.1) is 6.92 Å². The van der Waals surface area contributed by atoms with Gasteiger partial charge in [0.1, 0.15) is 0 Å². The summed E-state index contributed by atoms with van der Waals surface area (Å²) in [5.74, 6) is 0.0499. The number of nitrogens with zero attached hydrogens (tertiary/aromatic N) is 1. The van der Waals surface area contributed by atoms with Crippen molar-refractivity contribution in [3.8, 4) is 0 Å². The van der Waals surface area contributed by atoms with Crippen molar-refractivity contribution in [1.82, 2.24) is 4.90 Å². The molecule has 5 heteroatoms. The molecule has 0 radical (unpaired) electrons. The molecule has 0 saturated heterocycles. The number of amides is 1. The van der Waals surface area contributed by atoms with E-state index < -0.39 is 0 Å². The molecular formula is C14H18N2OS2. The van der Waals surface area contributed by atoms with Crippen molar-refractivity contribution in [3.63, 3.8) is 0 Å². The Morgan fingerprint density at radius 3 is 2.79 bits per heavy atom. The maximum Gasteiger partial charge on any atom is 0.263 e. The largest absolute Gasteiger partial charge is 0.398 e. The molecule has 0 aromatic carbocycles. The third-order valence-corrected chi connectivity index (χ3v) is 5.18. The van der Waals surface area contributed by atoms with Crippen LogP contribution in [0.15, 0.2) is 23.6 Å². The minimum absolute atomic E-state index is 0.0499. The van der Waals surface area contributed by atoms with E-state index in [0.717, 1.165) is 16.2 Å². The van der Waals surface area contributed by atoms with E-state index in [9.17, 15) is 4.79 Å². The number of rotatable bonds is 4. The number of likely N-dealkylation sites (N-methyl/N-ethyl adjacent to an activating group) is 1. The second kappa shape index (κ2) is 5.75. The molecule has 0 fully saturated rings. The highest BCUT2D eigenvalue weighted by Gasteiger charge is 2.20. The Labute approximate surface area is 121 Å². The van der Waals surface area contributed by atoms with Gasteiger partial charge in [-0.3, -0.25) is 4.79 Å². The predicted octanol–water partition coefficient (Wildman–Crippen LogP) is 3.40. The van der Waals surface area contributed by atoms with Gasteiger partial charge in [0.15, 0.2) is 0 Å². The van der Waals surface area contributed by atoms with Crippen LogP contribution in [0.3, 0.4) is 0 Å². The maximum atomic E-state index is 12.4. The monoisotopic (exact) mass is 294 g/mol. The van der Waals surface area contributed by atoms with E-state index in [1.165, 1.54) is 16.2 Å². The summed E-state index contributed by atoms with van der Waals surface area (Å²) in [5.41, 5.74) is 6.51. The number of hydrogen-bond donors (Lipinski definition) is 1. The summed E-state index contributed by atoms with van der Waals surface area (Å²) in [6, 6.07) is 6.09. The Morgan fingerprint density at radius 1 is 1.53 bits per heavy atom. The summed E-state index contributed by atoms with van der Waals surface area (Å²) >= 11 is 3.19. The number of thiophene rings is 2. The van der Waals surface area contributed by atoms with Crippen molar-refractivity contribution < 1.29 is 4.79 Å². The average Bonchev–Trinajstić information content (AvgIpc) is 2.98. The molecular weight excluding hydrogens is 276 g/mol. The molecule has 0 aliphatic rings. The van der Waals surface area contributed by atoms with Crippen LogP contribution >= 0.6 is 22.7 Å². The number of nitrogen functional groups attached to an aromatic ring is 1. The third-order valence-electron chi connectivity index (χ3n) is 3.23. The molecule has 102 valence electrons. The van der Waals surface area contributed by atoms with Gasteiger partial charge in [-0.25, -0.2) is 0 Å². The number of hydrogen-bond acceptors (Lipinski definition) is 4. The molecule has 2 aromatic rings. The van der Waals surface area contributed by atoms with Crippen LogP contribution in [0.25, 0.3) is 0 Å². The van der Waals surface area contributed by atoms with Crippen LogP contribution < -0.4 is 5.73 Å². The van der Waals surface area contributed by atoms with Crippen LogP contribution in [-0.2, 0) is 6.42 Å². The van der Waals surface area contributed by atoms with Gasteiger partial charge in [0, 0.05) is 35.0 Å². The SMILES string of the molecule is Cc1sc(C(=O)N(C)C(C)Cc2cccs2)cc1N. The zero-order valence-corrected chi connectivity index (χ0v) is 13.0. The van der Waals surface area contributed by atoms with Gasteiger partial charge >= 0.3 is 0 Å². The van der Waals surface area contributed by atoms with Gasteiger partial charge in [-0.1, -0.05) is 6.07 Å². The maximum absolute atomic E-state index is 12.4. The molecule has 3 nitrogen and oxygen atoms in total. The predicted molar refractivity (Wildman–Crippen MR) is 83.0 cm³/mol. The molecule has 2 heterocycles. The first kappa shape index (κ1) is 14.1. The smallest absolute Gasteiger partial charge is 0.263 e. The van der Waals surface area contributed by atoms with Gasteiger partial charge in [-0.05, 0) is 31.4 Å². The van der Waals surface area contributed by atoms with Gasteiger partial charge in [0.2, 0.25) is 0 Å². The quantitative estimate of drug-likeness (QED) is 0.939. The zero-order valence-electron chi connectivity index (χ0n) is 11.3. The summed E-state index contributed by atoms with van der Waals surface area (Å²) in [6.45, 7) is 4.01. The lowest BCUT2D eigenvalue weighted by atomic mass is 10.2. The summed E-state index contributed by atoms with van der Waals surface area (Å²) in [6.07, 6.45) is 0.889. The minimum Gasteiger partial charge on any atom is -0.398 e. The first-order valence-corrected chi connectivity index (χ1v) is 7.84. The van der Waals surface area contributed by atoms with Crippen molar-refractivity contribution in [2.75, 3.05) is 12.8 Å². The summed E-state index contributed by atoms with van der Waals surface area (Å²) < 4.78 is 0. The van der Waals surface area contributed by atoms with Crippen LogP contribution in [0.1, 0.15) is 26.3 Å².